The van der Waals surface area contributed by atoms with Crippen LogP contribution in [-0.4, -0.2) is 18.0 Å². The third-order valence-electron chi connectivity index (χ3n) is 4.67. The lowest BCUT2D eigenvalue weighted by Crippen LogP contribution is -2.22. The largest absolute Gasteiger partial charge is 0.497 e. The van der Waals surface area contributed by atoms with Crippen LogP contribution in [0.25, 0.3) is 10.9 Å². The van der Waals surface area contributed by atoms with E-state index < -0.39 is 11.7 Å². The summed E-state index contributed by atoms with van der Waals surface area (Å²) in [5, 5.41) is 3.36. The Morgan fingerprint density at radius 2 is 1.87 bits per heavy atom. The average molecular weight is 420 g/mol. The van der Waals surface area contributed by atoms with Gasteiger partial charge >= 0.3 is 0 Å². The number of hydrogen-bond acceptors (Lipinski definition) is 4. The summed E-state index contributed by atoms with van der Waals surface area (Å²) < 4.78 is 38.7. The monoisotopic (exact) mass is 420 g/mol. The number of fused-ring (bicyclic) bond motifs is 1. The van der Waals surface area contributed by atoms with Gasteiger partial charge in [0.25, 0.3) is 5.91 Å². The van der Waals surface area contributed by atoms with Gasteiger partial charge in [-0.3, -0.25) is 9.78 Å². The quantitative estimate of drug-likeness (QED) is 0.463. The van der Waals surface area contributed by atoms with Crippen LogP contribution in [0.15, 0.2) is 72.9 Å². The Hall–Kier alpha value is -4.00. The van der Waals surface area contributed by atoms with Crippen LogP contribution in [-0.2, 0) is 6.54 Å². The summed E-state index contributed by atoms with van der Waals surface area (Å²) in [6.07, 6.45) is 1.55. The molecular weight excluding hydrogens is 402 g/mol. The second-order valence-corrected chi connectivity index (χ2v) is 6.75. The summed E-state index contributed by atoms with van der Waals surface area (Å²) in [7, 11) is 1.56. The third-order valence-corrected chi connectivity index (χ3v) is 4.67. The minimum Gasteiger partial charge on any atom is -0.497 e. The molecule has 1 heterocycles. The van der Waals surface area contributed by atoms with E-state index in [1.807, 2.05) is 0 Å². The number of nitrogens with one attached hydrogen (secondary N) is 1. The first kappa shape index (κ1) is 20.3. The average Bonchev–Trinajstić information content (AvgIpc) is 2.78. The zero-order chi connectivity index (χ0) is 21.8. The predicted molar refractivity (Wildman–Crippen MR) is 112 cm³/mol. The van der Waals surface area contributed by atoms with Crippen molar-refractivity contribution in [2.45, 2.75) is 6.54 Å². The summed E-state index contributed by atoms with van der Waals surface area (Å²) in [5.74, 6) is -0.490. The zero-order valence-electron chi connectivity index (χ0n) is 16.6. The van der Waals surface area contributed by atoms with Gasteiger partial charge in [0, 0.05) is 29.8 Å². The van der Waals surface area contributed by atoms with Gasteiger partial charge in [0.15, 0.2) is 11.6 Å². The van der Waals surface area contributed by atoms with Gasteiger partial charge in [0.1, 0.15) is 17.3 Å². The van der Waals surface area contributed by atoms with Gasteiger partial charge in [-0.05, 0) is 54.1 Å². The van der Waals surface area contributed by atoms with Crippen LogP contribution in [0.4, 0.5) is 8.78 Å². The summed E-state index contributed by atoms with van der Waals surface area (Å²) in [5.41, 5.74) is 1.46. The second kappa shape index (κ2) is 8.79. The van der Waals surface area contributed by atoms with Gasteiger partial charge in [-0.15, -0.1) is 0 Å². The van der Waals surface area contributed by atoms with Crippen molar-refractivity contribution in [1.82, 2.24) is 10.3 Å². The number of carbonyl (C=O) groups is 1. The third kappa shape index (κ3) is 4.61. The van der Waals surface area contributed by atoms with Crippen LogP contribution in [0.5, 0.6) is 17.2 Å². The van der Waals surface area contributed by atoms with Crippen LogP contribution in [0, 0.1) is 11.6 Å². The molecule has 3 aromatic carbocycles. The van der Waals surface area contributed by atoms with Gasteiger partial charge in [-0.25, -0.2) is 8.78 Å². The molecule has 0 spiro atoms. The summed E-state index contributed by atoms with van der Waals surface area (Å²) >= 11 is 0. The van der Waals surface area contributed by atoms with Crippen molar-refractivity contribution >= 4 is 16.8 Å². The Balaban J connectivity index is 1.55. The number of nitrogens with zero attached hydrogens (tertiary/aromatic N) is 1. The number of rotatable bonds is 6. The van der Waals surface area contributed by atoms with Crippen LogP contribution in [0.2, 0.25) is 0 Å². The minimum absolute atomic E-state index is 0.0956. The molecule has 0 aliphatic carbocycles. The zero-order valence-corrected chi connectivity index (χ0v) is 16.6. The SMILES string of the molecule is COc1ccc2c(Oc3cc(C(=O)NCc4cccc(F)c4)ccc3F)ccnc2c1. The van der Waals surface area contributed by atoms with E-state index in [9.17, 15) is 13.6 Å². The molecule has 0 fully saturated rings. The molecule has 0 saturated carbocycles. The second-order valence-electron chi connectivity index (χ2n) is 6.75. The molecular formula is C24H18F2N2O3. The molecule has 31 heavy (non-hydrogen) atoms. The fraction of sp³-hybridized carbons (Fsp3) is 0.0833. The number of carbonyl (C=O) groups excluding carboxylic acids is 1. The van der Waals surface area contributed by atoms with E-state index in [4.69, 9.17) is 9.47 Å². The van der Waals surface area contributed by atoms with Crippen LogP contribution >= 0.6 is 0 Å². The van der Waals surface area contributed by atoms with Gasteiger partial charge in [-0.1, -0.05) is 12.1 Å². The van der Waals surface area contributed by atoms with E-state index in [1.165, 1.54) is 30.3 Å². The molecule has 4 aromatic rings. The molecule has 0 unspecified atom stereocenters. The minimum atomic E-state index is -0.611. The van der Waals surface area contributed by atoms with Gasteiger partial charge in [-0.2, -0.15) is 0 Å². The molecule has 1 aromatic heterocycles. The Bertz CT molecular complexity index is 1260. The number of aromatic nitrogens is 1. The summed E-state index contributed by atoms with van der Waals surface area (Å²) in [6, 6.07) is 16.7. The van der Waals surface area contributed by atoms with E-state index in [0.29, 0.717) is 28.0 Å². The molecule has 5 nitrogen and oxygen atoms in total. The number of halogens is 2. The summed E-state index contributed by atoms with van der Waals surface area (Å²) in [4.78, 5) is 16.8. The first-order chi connectivity index (χ1) is 15.0. The van der Waals surface area contributed by atoms with E-state index in [2.05, 4.69) is 10.3 Å². The van der Waals surface area contributed by atoms with Crippen molar-refractivity contribution in [1.29, 1.82) is 0 Å². The highest BCUT2D eigenvalue weighted by atomic mass is 19.1. The molecule has 0 saturated heterocycles. The first-order valence-corrected chi connectivity index (χ1v) is 9.46. The van der Waals surface area contributed by atoms with Crippen molar-refractivity contribution in [3.05, 3.63) is 95.7 Å². The molecule has 0 bridgehead atoms. The standard InChI is InChI=1S/C24H18F2N2O3/c1-30-18-6-7-19-21(13-18)27-10-9-22(19)31-23-12-16(5-8-20(23)26)24(29)28-14-15-3-2-4-17(25)11-15/h2-13H,14H2,1H3,(H,28,29). The lowest BCUT2D eigenvalue weighted by Gasteiger charge is -2.12. The van der Waals surface area contributed by atoms with E-state index in [1.54, 1.807) is 49.7 Å². The molecule has 0 radical (unpaired) electrons. The highest BCUT2D eigenvalue weighted by molar-refractivity contribution is 5.94. The van der Waals surface area contributed by atoms with E-state index in [-0.39, 0.29) is 23.7 Å². The molecule has 0 atom stereocenters. The number of benzene rings is 3. The Labute approximate surface area is 177 Å². The molecule has 0 aliphatic rings. The van der Waals surface area contributed by atoms with Crippen molar-refractivity contribution in [3.8, 4) is 17.2 Å². The Kier molecular flexibility index (Phi) is 5.75. The van der Waals surface area contributed by atoms with Crippen molar-refractivity contribution in [2.75, 3.05) is 7.11 Å². The van der Waals surface area contributed by atoms with Gasteiger partial charge in [0.2, 0.25) is 0 Å². The Morgan fingerprint density at radius 3 is 2.68 bits per heavy atom. The van der Waals surface area contributed by atoms with E-state index in [0.717, 1.165) is 0 Å². The lowest BCUT2D eigenvalue weighted by atomic mass is 10.1. The van der Waals surface area contributed by atoms with Crippen LogP contribution in [0.3, 0.4) is 0 Å². The molecule has 156 valence electrons. The molecule has 1 N–H and O–H groups in total. The highest BCUT2D eigenvalue weighted by Crippen LogP contribution is 2.32. The number of methoxy groups -OCH3 is 1. The van der Waals surface area contributed by atoms with Crippen molar-refractivity contribution in [2.24, 2.45) is 0 Å². The van der Waals surface area contributed by atoms with Crippen molar-refractivity contribution in [3.63, 3.8) is 0 Å². The first-order valence-electron chi connectivity index (χ1n) is 9.46. The number of amides is 1. The topological polar surface area (TPSA) is 60.5 Å². The molecule has 4 rings (SSSR count). The smallest absolute Gasteiger partial charge is 0.251 e. The Morgan fingerprint density at radius 1 is 1.00 bits per heavy atom. The normalized spacial score (nSPS) is 10.7. The number of pyridine rings is 1. The maximum atomic E-state index is 14.4. The molecule has 0 aliphatic heterocycles. The lowest BCUT2D eigenvalue weighted by molar-refractivity contribution is 0.0950. The number of ether oxygens (including phenoxy) is 2. The number of hydrogen-bond donors (Lipinski definition) is 1. The summed E-state index contributed by atoms with van der Waals surface area (Å²) in [6.45, 7) is 0.140. The highest BCUT2D eigenvalue weighted by Gasteiger charge is 2.13. The fourth-order valence-corrected chi connectivity index (χ4v) is 3.09. The van der Waals surface area contributed by atoms with E-state index >= 15 is 0 Å². The maximum absolute atomic E-state index is 14.4. The van der Waals surface area contributed by atoms with Crippen LogP contribution in [0.1, 0.15) is 15.9 Å². The van der Waals surface area contributed by atoms with Gasteiger partial charge in [0.05, 0.1) is 12.6 Å². The molecule has 7 heteroatoms. The molecule has 1 amide bonds. The van der Waals surface area contributed by atoms with Gasteiger partial charge < -0.3 is 14.8 Å². The fourth-order valence-electron chi connectivity index (χ4n) is 3.09. The van der Waals surface area contributed by atoms with Crippen molar-refractivity contribution < 1.29 is 23.0 Å². The van der Waals surface area contributed by atoms with Crippen LogP contribution < -0.4 is 14.8 Å². The maximum Gasteiger partial charge on any atom is 0.251 e. The predicted octanol–water partition coefficient (Wildman–Crippen LogP) is 5.24.